The van der Waals surface area contributed by atoms with Crippen molar-refractivity contribution in [2.24, 2.45) is 0 Å². The van der Waals surface area contributed by atoms with Gasteiger partial charge in [-0.05, 0) is 91.9 Å². The summed E-state index contributed by atoms with van der Waals surface area (Å²) in [5.41, 5.74) is 0.878. The Bertz CT molecular complexity index is 1240. The molecule has 0 saturated heterocycles. The first kappa shape index (κ1) is 23.1. The molecule has 3 nitrogen and oxygen atoms in total. The molecule has 1 N–H and O–H groups in total. The van der Waals surface area contributed by atoms with Gasteiger partial charge in [-0.1, -0.05) is 17.7 Å². The predicted octanol–water partition coefficient (Wildman–Crippen LogP) is 7.09. The van der Waals surface area contributed by atoms with E-state index in [0.717, 1.165) is 5.56 Å². The van der Waals surface area contributed by atoms with Crippen molar-refractivity contribution >= 4 is 20.4 Å². The van der Waals surface area contributed by atoms with Crippen LogP contribution in [-0.4, -0.2) is 12.0 Å². The zero-order chi connectivity index (χ0) is 23.6. The van der Waals surface area contributed by atoms with Gasteiger partial charge in [0.15, 0.2) is 0 Å². The van der Waals surface area contributed by atoms with Crippen molar-refractivity contribution in [3.05, 3.63) is 120 Å². The van der Waals surface area contributed by atoms with E-state index in [4.69, 9.17) is 0 Å². The molecule has 0 aliphatic rings. The van der Waals surface area contributed by atoms with E-state index >= 15 is 0 Å². The van der Waals surface area contributed by atoms with Crippen molar-refractivity contribution < 1.29 is 25.2 Å². The minimum Gasteiger partial charge on any atom is -0.258 e. The van der Waals surface area contributed by atoms with Crippen molar-refractivity contribution in [3.8, 4) is 0 Å². The maximum absolute atomic E-state index is 13.8. The summed E-state index contributed by atoms with van der Waals surface area (Å²) in [4.78, 5) is 1.18. The number of halogens is 3. The highest BCUT2D eigenvalue weighted by Gasteiger charge is 2.43. The molecular weight excluding hydrogens is 469 g/mol. The molecule has 0 bridgehead atoms. The number of hydrogen-bond donors (Lipinski definition) is 0. The quantitative estimate of drug-likeness (QED) is 0.214. The van der Waals surface area contributed by atoms with Crippen LogP contribution in [0.1, 0.15) is 5.56 Å². The molecule has 0 unspecified atom stereocenters. The molecule has 4 aromatic carbocycles. The minimum absolute atomic E-state index is 0.0173. The van der Waals surface area contributed by atoms with Gasteiger partial charge in [0, 0.05) is 0 Å². The molecule has 0 amide bonds. The zero-order valence-electron chi connectivity index (χ0n) is 17.5. The van der Waals surface area contributed by atoms with Gasteiger partial charge in [0.05, 0.1) is 25.0 Å². The fraction of sp³-hybridized carbons (Fsp3) is 0.0400. The Balaban J connectivity index is 2.02. The van der Waals surface area contributed by atoms with E-state index < -0.39 is 37.9 Å². The molecule has 4 rings (SSSR count). The lowest BCUT2D eigenvalue weighted by molar-refractivity contribution is 0.387. The lowest BCUT2D eigenvalue weighted by Crippen LogP contribution is -2.19. The van der Waals surface area contributed by atoms with Gasteiger partial charge in [-0.15, -0.1) is 8.42 Å². The lowest BCUT2D eigenvalue weighted by atomic mass is 10.2. The molecule has 0 spiro atoms. The molecule has 170 valence electrons. The van der Waals surface area contributed by atoms with E-state index in [-0.39, 0.29) is 4.90 Å². The summed E-state index contributed by atoms with van der Waals surface area (Å²) in [5.74, 6) is -1.52. The van der Waals surface area contributed by atoms with Crippen LogP contribution < -0.4 is 0 Å². The first-order valence-corrected chi connectivity index (χ1v) is 12.9. The average Bonchev–Trinajstić information content (AvgIpc) is 2.79. The third-order valence-electron chi connectivity index (χ3n) is 4.99. The van der Waals surface area contributed by atoms with Gasteiger partial charge in [-0.2, -0.15) is 0 Å². The maximum Gasteiger partial charge on any atom is 0.422 e. The second-order valence-electron chi connectivity index (χ2n) is 7.30. The number of aryl methyl sites for hydroxylation is 1. The lowest BCUT2D eigenvalue weighted by Gasteiger charge is -2.34. The van der Waals surface area contributed by atoms with Crippen molar-refractivity contribution in [2.45, 2.75) is 26.5 Å². The Hall–Kier alpha value is -3.07. The van der Waals surface area contributed by atoms with Crippen LogP contribution >= 0.6 is 10.3 Å². The average molecular weight is 490 g/mol. The highest BCUT2D eigenvalue weighted by Crippen LogP contribution is 2.68. The summed E-state index contributed by atoms with van der Waals surface area (Å²) in [6.07, 6.45) is 0. The molecule has 0 radical (unpaired) electrons. The largest absolute Gasteiger partial charge is 0.422 e. The first-order valence-electron chi connectivity index (χ1n) is 9.87. The van der Waals surface area contributed by atoms with Gasteiger partial charge < -0.3 is 0 Å². The van der Waals surface area contributed by atoms with Crippen LogP contribution in [0, 0.1) is 24.4 Å². The van der Waals surface area contributed by atoms with Crippen LogP contribution in [0.2, 0.25) is 0 Å². The van der Waals surface area contributed by atoms with Crippen molar-refractivity contribution in [2.75, 3.05) is 0 Å². The smallest absolute Gasteiger partial charge is 0.258 e. The Labute approximate surface area is 192 Å². The number of benzene rings is 4. The molecule has 0 fully saturated rings. The second-order valence-corrected chi connectivity index (χ2v) is 11.9. The second kappa shape index (κ2) is 9.05. The molecule has 0 aromatic heterocycles. The molecule has 0 aliphatic heterocycles. The van der Waals surface area contributed by atoms with Crippen LogP contribution in [0.3, 0.4) is 0 Å². The van der Waals surface area contributed by atoms with Crippen LogP contribution in [0.25, 0.3) is 0 Å². The Kier molecular flexibility index (Phi) is 6.34. The van der Waals surface area contributed by atoms with Crippen LogP contribution in [0.4, 0.5) is 13.2 Å². The van der Waals surface area contributed by atoms with Gasteiger partial charge in [-0.25, -0.2) is 13.2 Å². The molecule has 0 atom stereocenters. The molecule has 0 saturated carbocycles. The summed E-state index contributed by atoms with van der Waals surface area (Å²) in [7, 11) is -7.19. The fourth-order valence-electron chi connectivity index (χ4n) is 3.33. The van der Waals surface area contributed by atoms with Gasteiger partial charge in [0.2, 0.25) is 0 Å². The van der Waals surface area contributed by atoms with E-state index in [1.807, 2.05) is 6.92 Å². The summed E-state index contributed by atoms with van der Waals surface area (Å²) in [6, 6.07) is 22.2. The molecule has 4 aromatic rings. The standard InChI is InChI=1S/C25H19F3O3S2/c1-18-2-10-25(11-3-18)33(29,30)31-32(22-12-4-19(26)5-13-22,23-14-6-20(27)7-15-23)24-16-8-21(28)9-17-24/h2-17H,1H3/p+1. The Morgan fingerprint density at radius 2 is 0.818 bits per heavy atom. The topological polar surface area (TPSA) is 46.9 Å². The van der Waals surface area contributed by atoms with Gasteiger partial charge >= 0.3 is 10.1 Å². The highest BCUT2D eigenvalue weighted by atomic mass is 32.3. The van der Waals surface area contributed by atoms with Gasteiger partial charge in [0.25, 0.3) is 0 Å². The third-order valence-corrected chi connectivity index (χ3v) is 10.4. The summed E-state index contributed by atoms with van der Waals surface area (Å²) >= 11 is 0. The molecule has 0 aliphatic carbocycles. The summed E-state index contributed by atoms with van der Waals surface area (Å²) in [5, 5.41) is 0. The Morgan fingerprint density at radius 1 is 0.515 bits per heavy atom. The molecule has 33 heavy (non-hydrogen) atoms. The van der Waals surface area contributed by atoms with E-state index in [0.29, 0.717) is 14.7 Å². The first-order chi connectivity index (χ1) is 15.7. The fourth-order valence-corrected chi connectivity index (χ4v) is 8.77. The number of rotatable bonds is 6. The molecule has 8 heteroatoms. The molecule has 0 heterocycles. The monoisotopic (exact) mass is 489 g/mol. The summed E-state index contributed by atoms with van der Waals surface area (Å²) < 4.78 is 72.8. The summed E-state index contributed by atoms with van der Waals surface area (Å²) in [6.45, 7) is 1.83. The van der Waals surface area contributed by atoms with Crippen molar-refractivity contribution in [1.82, 2.24) is 0 Å². The Morgan fingerprint density at radius 3 is 1.15 bits per heavy atom. The zero-order valence-corrected chi connectivity index (χ0v) is 19.1. The van der Waals surface area contributed by atoms with Gasteiger partial charge in [0.1, 0.15) is 22.3 Å². The highest BCUT2D eigenvalue weighted by molar-refractivity contribution is 8.32. The molecular formula is C25H20F3O3S2+. The van der Waals surface area contributed by atoms with Crippen LogP contribution in [-0.2, 0) is 10.1 Å². The van der Waals surface area contributed by atoms with E-state index in [9.17, 15) is 21.6 Å². The predicted molar refractivity (Wildman–Crippen MR) is 123 cm³/mol. The number of hydrogen-bond acceptors (Lipinski definition) is 2. The van der Waals surface area contributed by atoms with E-state index in [1.54, 1.807) is 12.1 Å². The normalized spacial score (nSPS) is 12.5. The minimum atomic E-state index is -4.23. The van der Waals surface area contributed by atoms with Crippen LogP contribution in [0.5, 0.6) is 0 Å². The van der Waals surface area contributed by atoms with Crippen LogP contribution in [0.15, 0.2) is 117 Å². The van der Waals surface area contributed by atoms with E-state index in [1.165, 1.54) is 84.9 Å². The van der Waals surface area contributed by atoms with Crippen molar-refractivity contribution in [3.63, 3.8) is 0 Å². The maximum atomic E-state index is 13.8. The SMILES string of the molecule is Cc1ccc(S(=O)(=O)[OH+]S(c2ccc(F)cc2)(c2ccc(F)cc2)c2ccc(F)cc2)cc1. The van der Waals surface area contributed by atoms with E-state index in [2.05, 4.69) is 3.63 Å². The van der Waals surface area contributed by atoms with Crippen molar-refractivity contribution in [1.29, 1.82) is 0 Å². The van der Waals surface area contributed by atoms with Gasteiger partial charge in [-0.3, -0.25) is 3.63 Å². The third kappa shape index (κ3) is 4.68.